The predicted octanol–water partition coefficient (Wildman–Crippen LogP) is 14.1. The number of aromatic nitrogens is 4. The quantitative estimate of drug-likeness (QED) is 0.118. The smallest absolute Gasteiger partial charge is 0 e. The second-order valence-corrected chi connectivity index (χ2v) is 28.3. The molecule has 63 heavy (non-hydrogen) atoms. The van der Waals surface area contributed by atoms with Crippen molar-refractivity contribution in [3.05, 3.63) is 187 Å². The molecule has 0 bridgehead atoms. The zero-order valence-electron chi connectivity index (χ0n) is 38.6. The molecule has 0 aliphatic carbocycles. The summed E-state index contributed by atoms with van der Waals surface area (Å²) in [7, 11) is 0. The van der Waals surface area contributed by atoms with Crippen LogP contribution in [0.25, 0.3) is 83.7 Å². The molecule has 0 N–H and O–H groups in total. The molecule has 0 saturated carbocycles. The van der Waals surface area contributed by atoms with Crippen molar-refractivity contribution in [2.24, 2.45) is 5.41 Å². The normalized spacial score (nSPS) is 12.4. The number of fused-ring (bicyclic) bond motifs is 4. The molecule has 10 aromatic rings. The molecule has 315 valence electrons. The van der Waals surface area contributed by atoms with E-state index in [2.05, 4.69) is 141 Å². The number of hydrogen-bond acceptors (Lipinski definition) is 4. The van der Waals surface area contributed by atoms with Gasteiger partial charge in [-0.2, -0.15) is 0 Å². The minimum absolute atomic E-state index is 0. The van der Waals surface area contributed by atoms with Gasteiger partial charge in [-0.25, -0.2) is 4.98 Å². The van der Waals surface area contributed by atoms with Crippen molar-refractivity contribution in [2.75, 3.05) is 0 Å². The summed E-state index contributed by atoms with van der Waals surface area (Å²) >= 11 is -2.24. The molecule has 0 aliphatic rings. The van der Waals surface area contributed by atoms with Gasteiger partial charge >= 0.3 is 135 Å². The van der Waals surface area contributed by atoms with E-state index >= 15 is 0 Å². The summed E-state index contributed by atoms with van der Waals surface area (Å²) in [5, 5.41) is 1.99. The minimum Gasteiger partial charge on any atom is 0 e. The molecule has 0 saturated heterocycles. The minimum atomic E-state index is -2.24. The molecule has 1 radical (unpaired) electrons. The van der Waals surface area contributed by atoms with Crippen LogP contribution in [0.4, 0.5) is 0 Å². The van der Waals surface area contributed by atoms with E-state index in [0.29, 0.717) is 5.71 Å². The van der Waals surface area contributed by atoms with Gasteiger partial charge in [-0.15, -0.1) is 18.2 Å². The molecule has 0 unspecified atom stereocenters. The number of aryl methyl sites for hydroxylation is 1. The van der Waals surface area contributed by atoms with E-state index in [1.807, 2.05) is 94.6 Å². The van der Waals surface area contributed by atoms with Crippen LogP contribution in [0.15, 0.2) is 168 Å². The van der Waals surface area contributed by atoms with Crippen LogP contribution in [0.1, 0.15) is 34.8 Å². The Bertz CT molecular complexity index is 3280. The van der Waals surface area contributed by atoms with Crippen LogP contribution in [0.2, 0.25) is 17.3 Å². The van der Waals surface area contributed by atoms with Gasteiger partial charge in [-0.1, -0.05) is 89.8 Å². The van der Waals surface area contributed by atoms with E-state index < -0.39 is 25.1 Å². The van der Waals surface area contributed by atoms with Gasteiger partial charge in [0.25, 0.3) is 0 Å². The third-order valence-electron chi connectivity index (χ3n) is 10.9. The molecule has 4 heterocycles. The molecular weight excluding hydrogens is 1010 g/mol. The zero-order valence-corrected chi connectivity index (χ0v) is 41.1. The molecule has 0 fully saturated rings. The fraction of sp³-hybridized carbons (Fsp3) is 0.161. The third-order valence-corrected chi connectivity index (χ3v) is 15.1. The Morgan fingerprint density at radius 1 is 0.698 bits per heavy atom. The molecule has 5 nitrogen and oxygen atoms in total. The number of benzene rings is 6. The number of rotatable bonds is 7. The van der Waals surface area contributed by atoms with Crippen LogP contribution in [0.3, 0.4) is 0 Å². The molecule has 0 spiro atoms. The summed E-state index contributed by atoms with van der Waals surface area (Å²) in [6.07, 6.45) is 0.502. The molecule has 4 aromatic heterocycles. The predicted molar refractivity (Wildman–Crippen MR) is 261 cm³/mol. The largest absolute Gasteiger partial charge is 0 e. The summed E-state index contributed by atoms with van der Waals surface area (Å²) < 4.78 is 27.3. The molecule has 0 atom stereocenters. The third kappa shape index (κ3) is 9.26. The standard InChI is InChI=1S/C37H24N3O.C19H26GeN.Ir/c1-24-19-21-29-28-15-10-16-30(35(28)41-37(29)38-24)36-39-32-17-8-9-18-34(32)40(36)33-22-20-27(25-11-4-2-5-12-25)23-31(33)26-13-6-3-7-14-26;1-19(2,3)13-16-12-18(15-10-8-7-9-11-15)21-14-17(16)20(4,5)6;/h2-15,17-23H,1H3;7-10,12,14H,13H2,1-6H3;/q2*-1;/i;13D2;. The van der Waals surface area contributed by atoms with Gasteiger partial charge in [0, 0.05) is 42.4 Å². The summed E-state index contributed by atoms with van der Waals surface area (Å²) in [6.45, 7) is 7.85. The maximum absolute atomic E-state index is 8.76. The fourth-order valence-electron chi connectivity index (χ4n) is 7.97. The van der Waals surface area contributed by atoms with Crippen LogP contribution in [-0.2, 0) is 26.5 Å². The first-order valence-corrected chi connectivity index (χ1v) is 28.5. The maximum Gasteiger partial charge on any atom is 0 e. The first-order chi connectivity index (χ1) is 30.7. The second kappa shape index (κ2) is 18.1. The van der Waals surface area contributed by atoms with E-state index in [1.165, 1.54) is 5.56 Å². The van der Waals surface area contributed by atoms with Crippen molar-refractivity contribution < 1.29 is 27.3 Å². The van der Waals surface area contributed by atoms with Crippen LogP contribution in [-0.4, -0.2) is 32.8 Å². The second-order valence-electron chi connectivity index (χ2n) is 17.7. The number of imidazole rings is 1. The van der Waals surface area contributed by atoms with Gasteiger partial charge in [-0.05, 0) is 60.0 Å². The van der Waals surface area contributed by atoms with Gasteiger partial charge in [0.05, 0.1) is 22.4 Å². The van der Waals surface area contributed by atoms with Gasteiger partial charge in [-0.3, -0.25) is 4.98 Å². The molecule has 0 aliphatic heterocycles. The summed E-state index contributed by atoms with van der Waals surface area (Å²) in [6, 6.07) is 60.4. The summed E-state index contributed by atoms with van der Waals surface area (Å²) in [4.78, 5) is 14.4. The Hall–Kier alpha value is -5.92. The van der Waals surface area contributed by atoms with Crippen molar-refractivity contribution >= 4 is 50.8 Å². The number of furan rings is 1. The van der Waals surface area contributed by atoms with Gasteiger partial charge in [0.2, 0.25) is 5.71 Å². The van der Waals surface area contributed by atoms with Crippen molar-refractivity contribution in [2.45, 2.75) is 51.3 Å². The van der Waals surface area contributed by atoms with Crippen molar-refractivity contribution in [3.8, 4) is 50.6 Å². The zero-order chi connectivity index (χ0) is 44.8. The van der Waals surface area contributed by atoms with Crippen LogP contribution < -0.4 is 4.40 Å². The average molecular weight is 1060 g/mol. The van der Waals surface area contributed by atoms with Gasteiger partial charge < -0.3 is 8.98 Å². The van der Waals surface area contributed by atoms with Crippen molar-refractivity contribution in [3.63, 3.8) is 0 Å². The Labute approximate surface area is 389 Å². The monoisotopic (exact) mass is 1060 g/mol. The fourth-order valence-corrected chi connectivity index (χ4v) is 10.9. The number of para-hydroxylation sites is 2. The van der Waals surface area contributed by atoms with Gasteiger partial charge in [0.1, 0.15) is 0 Å². The Morgan fingerprint density at radius 2 is 1.41 bits per heavy atom. The number of hydrogen-bond donors (Lipinski definition) is 0. The summed E-state index contributed by atoms with van der Waals surface area (Å²) in [5.41, 5.74) is 12.7. The molecular formula is C56H50GeIrN4O-2. The average Bonchev–Trinajstić information content (AvgIpc) is 3.87. The van der Waals surface area contributed by atoms with E-state index in [9.17, 15) is 0 Å². The Morgan fingerprint density at radius 3 is 2.13 bits per heavy atom. The molecule has 7 heteroatoms. The van der Waals surface area contributed by atoms with Crippen molar-refractivity contribution in [1.29, 1.82) is 0 Å². The van der Waals surface area contributed by atoms with Crippen LogP contribution in [0.5, 0.6) is 0 Å². The van der Waals surface area contributed by atoms with E-state index in [-0.39, 0.29) is 20.1 Å². The Balaban J connectivity index is 0.000000206. The number of nitrogens with zero attached hydrogens (tertiary/aromatic N) is 4. The van der Waals surface area contributed by atoms with Gasteiger partial charge in [0.15, 0.2) is 0 Å². The summed E-state index contributed by atoms with van der Waals surface area (Å²) in [5.74, 6) is 7.63. The van der Waals surface area contributed by atoms with E-state index in [0.717, 1.165) is 88.1 Å². The SMILES string of the molecule is Cc1ccc2c(n1)oc1c(-c3nc4ccccc4n3-c3ccc(-c4ccccc4)cc3-c3ccccc3)[c-]ccc12.[2H]C([2H])(c1cc(-c2[c-]cccc2)nc[c]1[Ge]([CH3])([CH3])[CH3])C(C)(C)C.[Ir]. The van der Waals surface area contributed by atoms with E-state index in [1.54, 1.807) is 0 Å². The molecule has 6 aromatic carbocycles. The first kappa shape index (κ1) is 41.1. The maximum atomic E-state index is 8.76. The molecule has 0 amide bonds. The van der Waals surface area contributed by atoms with E-state index in [4.69, 9.17) is 12.1 Å². The topological polar surface area (TPSA) is 56.7 Å². The van der Waals surface area contributed by atoms with Crippen LogP contribution >= 0.6 is 0 Å². The number of pyridine rings is 2. The van der Waals surface area contributed by atoms with Crippen LogP contribution in [0, 0.1) is 24.5 Å². The molecule has 10 rings (SSSR count). The Kier molecular flexibility index (Phi) is 11.8. The first-order valence-electron chi connectivity index (χ1n) is 22.1. The van der Waals surface area contributed by atoms with Crippen molar-refractivity contribution in [1.82, 2.24) is 19.5 Å².